The van der Waals surface area contributed by atoms with E-state index in [1.807, 2.05) is 20.9 Å². The first-order chi connectivity index (χ1) is 29.5. The Morgan fingerprint density at radius 2 is 1.40 bits per heavy atom. The van der Waals surface area contributed by atoms with Gasteiger partial charge in [0, 0.05) is 97.2 Å². The van der Waals surface area contributed by atoms with Gasteiger partial charge in [-0.25, -0.2) is 0 Å². The lowest BCUT2D eigenvalue weighted by Crippen LogP contribution is -2.57. The molecule has 9 heteroatoms. The van der Waals surface area contributed by atoms with E-state index in [1.165, 1.54) is 63.3 Å². The molecule has 0 aromatic heterocycles. The van der Waals surface area contributed by atoms with Crippen LogP contribution in [0.2, 0.25) is 0 Å². The van der Waals surface area contributed by atoms with Crippen LogP contribution in [0, 0.1) is 5.92 Å². The first-order valence-corrected chi connectivity index (χ1v) is 24.1. The predicted octanol–water partition coefficient (Wildman–Crippen LogP) is 9.74. The van der Waals surface area contributed by atoms with Gasteiger partial charge in [-0.2, -0.15) is 0 Å². The van der Waals surface area contributed by atoms with Crippen LogP contribution < -0.4 is 20.4 Å². The lowest BCUT2D eigenvalue weighted by atomic mass is 9.93. The molecule has 0 radical (unpaired) electrons. The number of rotatable bonds is 14. The topological polar surface area (TPSA) is 77.6 Å². The van der Waals surface area contributed by atoms with E-state index >= 15 is 0 Å². The molecular weight excluding hydrogens is 767 g/mol. The van der Waals surface area contributed by atoms with Crippen LogP contribution in [0.25, 0.3) is 0 Å². The largest absolute Gasteiger partial charge is 0.400 e. The molecule has 1 unspecified atom stereocenters. The first-order valence-electron chi connectivity index (χ1n) is 24.1. The lowest BCUT2D eigenvalue weighted by Gasteiger charge is -2.39. The van der Waals surface area contributed by atoms with Crippen LogP contribution in [0.15, 0.2) is 59.3 Å². The molecule has 3 fully saturated rings. The maximum Gasteiger partial charge on any atom is 0.238 e. The van der Waals surface area contributed by atoms with Gasteiger partial charge in [0.05, 0.1) is 0 Å². The van der Waals surface area contributed by atoms with Crippen LogP contribution >= 0.6 is 0 Å². The molecule has 2 aromatic rings. The van der Waals surface area contributed by atoms with Crippen molar-refractivity contribution in [1.29, 1.82) is 0 Å². The van der Waals surface area contributed by atoms with Gasteiger partial charge in [-0.15, -0.1) is 0 Å². The van der Waals surface area contributed by atoms with Gasteiger partial charge < -0.3 is 35.3 Å². The molecule has 2 saturated heterocycles. The number of benzene rings is 2. The number of hydrogen-bond donors (Lipinski definition) is 3. The van der Waals surface area contributed by atoms with Crippen molar-refractivity contribution < 1.29 is 9.90 Å². The normalized spacial score (nSPS) is 17.2. The monoisotopic (exact) mass is 862 g/mol. The molecule has 62 heavy (non-hydrogen) atoms. The van der Waals surface area contributed by atoms with E-state index in [2.05, 4.69) is 168 Å². The van der Waals surface area contributed by atoms with Crippen LogP contribution in [-0.2, 0) is 11.2 Å². The van der Waals surface area contributed by atoms with Gasteiger partial charge in [-0.3, -0.25) is 9.69 Å². The van der Waals surface area contributed by atoms with Crippen LogP contribution in [0.3, 0.4) is 0 Å². The number of aliphatic hydroxyl groups excluding tert-OH is 1. The van der Waals surface area contributed by atoms with E-state index < -0.39 is 0 Å². The number of nitrogens with one attached hydrogen (secondary N) is 2. The molecular formula is C53H95N7O2. The van der Waals surface area contributed by atoms with Crippen molar-refractivity contribution in [3.8, 4) is 0 Å². The minimum atomic E-state index is -0.0668. The van der Waals surface area contributed by atoms with Crippen molar-refractivity contribution >= 4 is 17.3 Å². The first kappa shape index (κ1) is 56.6. The summed E-state index contributed by atoms with van der Waals surface area (Å²) >= 11 is 0. The Kier molecular flexibility index (Phi) is 27.3. The second-order valence-electron chi connectivity index (χ2n) is 18.2. The van der Waals surface area contributed by atoms with Crippen LogP contribution in [0.1, 0.15) is 142 Å². The third kappa shape index (κ3) is 18.4. The number of nitrogens with zero attached hydrogens (tertiary/aromatic N) is 5. The number of amides is 1. The highest BCUT2D eigenvalue weighted by atomic mass is 16.2. The van der Waals surface area contributed by atoms with E-state index in [-0.39, 0.29) is 11.9 Å². The quantitative estimate of drug-likeness (QED) is 0.162. The summed E-state index contributed by atoms with van der Waals surface area (Å²) in [6.45, 7) is 35.9. The summed E-state index contributed by atoms with van der Waals surface area (Å²) in [5, 5.41) is 13.2. The Morgan fingerprint density at radius 3 is 1.89 bits per heavy atom. The van der Waals surface area contributed by atoms with Gasteiger partial charge in [0.15, 0.2) is 0 Å². The standard InChI is InChI=1S/C19H29N3O.C16H32N2.C15H24N2.C2H6.CH4O/c1-13(2)16-8-7-15(11-17(16)14-5-6-14)22-10-9-21(4)18(12-22)19(23)20-3;1-9-16(15(5)13(2)3)12-14(4)18(8)11-10-17(6)7;1-4-13-11-14(5-6-15(13)12(2)3)17-9-7-16-8-10-17;2*1-2/h7-8,11,13-14,18H,5-6,9-10,12H2,1-4H3,(H,20,23);12-13H,9-11H2,1-8H3;5-6,11-12,16H,4,7-10H2,1-3H3;1-2H3;2H,1H3/b;14-12+,16-15+;;;. The molecule has 1 aliphatic carbocycles. The highest BCUT2D eigenvalue weighted by Gasteiger charge is 2.31. The minimum absolute atomic E-state index is 0.0668. The molecule has 9 nitrogen and oxygen atoms in total. The fourth-order valence-corrected chi connectivity index (χ4v) is 7.93. The van der Waals surface area contributed by atoms with E-state index in [1.54, 1.807) is 7.05 Å². The maximum absolute atomic E-state index is 12.1. The smallest absolute Gasteiger partial charge is 0.238 e. The highest BCUT2D eigenvalue weighted by molar-refractivity contribution is 5.82. The summed E-state index contributed by atoms with van der Waals surface area (Å²) in [4.78, 5) is 23.7. The zero-order valence-corrected chi connectivity index (χ0v) is 43.2. The Hall–Kier alpha value is -3.37. The summed E-state index contributed by atoms with van der Waals surface area (Å²) in [7, 11) is 11.2. The number of allylic oxidation sites excluding steroid dienone is 4. The van der Waals surface area contributed by atoms with Crippen molar-refractivity contribution in [3.63, 3.8) is 0 Å². The lowest BCUT2D eigenvalue weighted by molar-refractivity contribution is -0.125. The molecule has 3 N–H and O–H groups in total. The molecule has 5 rings (SSSR count). The number of carbonyl (C=O) groups is 1. The van der Waals surface area contributed by atoms with Crippen molar-refractivity contribution in [1.82, 2.24) is 25.3 Å². The number of likely N-dealkylation sites (N-methyl/N-ethyl adjacent to an activating group) is 4. The molecule has 2 aliphatic heterocycles. The Balaban J connectivity index is 0.000000453. The number of aliphatic hydroxyl groups is 1. The third-order valence-electron chi connectivity index (χ3n) is 12.5. The van der Waals surface area contributed by atoms with E-state index in [4.69, 9.17) is 5.11 Å². The molecule has 0 spiro atoms. The summed E-state index contributed by atoms with van der Waals surface area (Å²) in [5.74, 6) is 2.71. The molecule has 0 bridgehead atoms. The average Bonchev–Trinajstić information content (AvgIpc) is 4.14. The molecule has 1 amide bonds. The van der Waals surface area contributed by atoms with E-state index in [0.29, 0.717) is 17.8 Å². The maximum atomic E-state index is 12.1. The average molecular weight is 862 g/mol. The fraction of sp³-hybridized carbons (Fsp3) is 0.679. The number of anilines is 2. The zero-order chi connectivity index (χ0) is 47.1. The van der Waals surface area contributed by atoms with Gasteiger partial charge >= 0.3 is 0 Å². The fourth-order valence-electron chi connectivity index (χ4n) is 7.93. The second kappa shape index (κ2) is 29.9. The van der Waals surface area contributed by atoms with Gasteiger partial charge in [-0.05, 0) is 143 Å². The second-order valence-corrected chi connectivity index (χ2v) is 18.2. The SMILES string of the molecule is CC.CCC(/C=C(\C)N(C)CCN(C)C)=C(/C)C(C)C.CCc1cc(N2CCNCC2)ccc1C(C)C.CNC(=O)C1CN(c2ccc(C(C)C)c(C3CC3)c2)CCN1C.CO. The predicted molar refractivity (Wildman–Crippen MR) is 272 cm³/mol. The van der Waals surface area contributed by atoms with Crippen LogP contribution in [-0.4, -0.2) is 133 Å². The van der Waals surface area contributed by atoms with Crippen LogP contribution in [0.5, 0.6) is 0 Å². The molecule has 2 heterocycles. The molecule has 3 aliphatic rings. The Labute approximate surface area is 382 Å². The summed E-state index contributed by atoms with van der Waals surface area (Å²) < 4.78 is 0. The Bertz CT molecular complexity index is 1620. The number of piperazine rings is 2. The summed E-state index contributed by atoms with van der Waals surface area (Å²) in [6, 6.07) is 13.9. The summed E-state index contributed by atoms with van der Waals surface area (Å²) in [5.41, 5.74) is 13.1. The molecule has 354 valence electrons. The molecule has 2 aromatic carbocycles. The van der Waals surface area contributed by atoms with Gasteiger partial charge in [0.2, 0.25) is 5.91 Å². The van der Waals surface area contributed by atoms with Gasteiger partial charge in [0.25, 0.3) is 0 Å². The number of carbonyl (C=O) groups excluding carboxylic acids is 1. The zero-order valence-electron chi connectivity index (χ0n) is 43.2. The van der Waals surface area contributed by atoms with Gasteiger partial charge in [-0.1, -0.05) is 86.9 Å². The number of hydrogen-bond acceptors (Lipinski definition) is 8. The van der Waals surface area contributed by atoms with Crippen molar-refractivity contribution in [2.75, 3.05) is 111 Å². The minimum Gasteiger partial charge on any atom is -0.400 e. The molecule has 1 saturated carbocycles. The molecule has 1 atom stereocenters. The highest BCUT2D eigenvalue weighted by Crippen LogP contribution is 2.44. The van der Waals surface area contributed by atoms with Crippen molar-refractivity contribution in [2.24, 2.45) is 5.92 Å². The Morgan fingerprint density at radius 1 is 0.839 bits per heavy atom. The third-order valence-corrected chi connectivity index (χ3v) is 12.5. The number of aryl methyl sites for hydroxylation is 1. The van der Waals surface area contributed by atoms with Crippen molar-refractivity contribution in [2.45, 2.75) is 133 Å². The summed E-state index contributed by atoms with van der Waals surface area (Å²) in [6.07, 6.45) is 7.25. The van der Waals surface area contributed by atoms with E-state index in [9.17, 15) is 4.79 Å². The van der Waals surface area contributed by atoms with Gasteiger partial charge in [0.1, 0.15) is 6.04 Å². The van der Waals surface area contributed by atoms with Crippen LogP contribution in [0.4, 0.5) is 11.4 Å². The van der Waals surface area contributed by atoms with Crippen molar-refractivity contribution in [3.05, 3.63) is 81.6 Å². The van der Waals surface area contributed by atoms with E-state index in [0.717, 1.165) is 84.8 Å².